The maximum atomic E-state index is 13.2. The highest BCUT2D eigenvalue weighted by Crippen LogP contribution is 2.43. The van der Waals surface area contributed by atoms with Gasteiger partial charge in [0, 0.05) is 5.56 Å². The molecule has 0 N–H and O–H groups in total. The molecule has 0 aliphatic rings. The summed E-state index contributed by atoms with van der Waals surface area (Å²) in [5.41, 5.74) is -3.90. The minimum Gasteiger partial charge on any atom is -0.206 e. The summed E-state index contributed by atoms with van der Waals surface area (Å²) in [7, 11) is 0. The van der Waals surface area contributed by atoms with Crippen LogP contribution in [-0.4, -0.2) is 12.4 Å². The Labute approximate surface area is 91.4 Å². The van der Waals surface area contributed by atoms with Crippen molar-refractivity contribution < 1.29 is 30.7 Å². The Balaban J connectivity index is 3.41. The third-order valence-electron chi connectivity index (χ3n) is 1.81. The Hall–Kier alpha value is -1.53. The molecule has 1 rings (SSSR count). The second-order valence-corrected chi connectivity index (χ2v) is 3.05. The summed E-state index contributed by atoms with van der Waals surface area (Å²) in [6.07, 6.45) is -11.6. The van der Waals surface area contributed by atoms with Gasteiger partial charge in [-0.25, -0.2) is 4.39 Å². The van der Waals surface area contributed by atoms with Gasteiger partial charge in [0.15, 0.2) is 5.57 Å². The maximum Gasteiger partial charge on any atom is 0.424 e. The van der Waals surface area contributed by atoms with Crippen molar-refractivity contribution in [3.05, 3.63) is 41.5 Å². The number of alkyl halides is 6. The lowest BCUT2D eigenvalue weighted by atomic mass is 10.1. The molecule has 0 aliphatic carbocycles. The number of benzene rings is 1. The van der Waals surface area contributed by atoms with Crippen LogP contribution in [0.4, 0.5) is 30.7 Å². The molecule has 0 aliphatic heterocycles. The van der Waals surface area contributed by atoms with Crippen LogP contribution in [0.15, 0.2) is 35.9 Å². The van der Waals surface area contributed by atoms with Gasteiger partial charge in [-0.05, 0) is 0 Å². The van der Waals surface area contributed by atoms with Crippen LogP contribution in [0.25, 0.3) is 5.83 Å². The van der Waals surface area contributed by atoms with Crippen LogP contribution in [-0.2, 0) is 0 Å². The zero-order valence-corrected chi connectivity index (χ0v) is 8.03. The van der Waals surface area contributed by atoms with Crippen LogP contribution in [0.1, 0.15) is 5.56 Å². The number of allylic oxidation sites excluding steroid dienone is 1. The molecule has 0 nitrogen and oxygen atoms in total. The third kappa shape index (κ3) is 3.21. The van der Waals surface area contributed by atoms with Gasteiger partial charge in [0.2, 0.25) is 0 Å². The first-order valence-electron chi connectivity index (χ1n) is 4.23. The van der Waals surface area contributed by atoms with Gasteiger partial charge in [0.25, 0.3) is 0 Å². The molecule has 0 fully saturated rings. The lowest BCUT2D eigenvalue weighted by molar-refractivity contribution is -0.171. The Kier molecular flexibility index (Phi) is 3.49. The predicted octanol–water partition coefficient (Wildman–Crippen LogP) is 4.49. The van der Waals surface area contributed by atoms with Gasteiger partial charge in [-0.15, -0.1) is 0 Å². The Bertz CT molecular complexity index is 395. The van der Waals surface area contributed by atoms with Gasteiger partial charge in [0.1, 0.15) is 5.83 Å². The fraction of sp³-hybridized carbons (Fsp3) is 0.200. The van der Waals surface area contributed by atoms with E-state index >= 15 is 0 Å². The smallest absolute Gasteiger partial charge is 0.206 e. The summed E-state index contributed by atoms with van der Waals surface area (Å²) >= 11 is 0. The highest BCUT2D eigenvalue weighted by atomic mass is 19.4. The first-order chi connectivity index (χ1) is 7.64. The number of halogens is 7. The van der Waals surface area contributed by atoms with E-state index in [1.807, 2.05) is 0 Å². The van der Waals surface area contributed by atoms with E-state index in [4.69, 9.17) is 0 Å². The molecule has 1 aromatic carbocycles. The van der Waals surface area contributed by atoms with Gasteiger partial charge >= 0.3 is 12.4 Å². The quantitative estimate of drug-likeness (QED) is 0.651. The monoisotopic (exact) mass is 258 g/mol. The molecule has 0 amide bonds. The van der Waals surface area contributed by atoms with Gasteiger partial charge < -0.3 is 0 Å². The maximum absolute atomic E-state index is 13.2. The molecule has 0 unspecified atom stereocenters. The van der Waals surface area contributed by atoms with E-state index in [2.05, 4.69) is 0 Å². The van der Waals surface area contributed by atoms with Crippen LogP contribution in [0.2, 0.25) is 0 Å². The van der Waals surface area contributed by atoms with Crippen LogP contribution in [0.5, 0.6) is 0 Å². The van der Waals surface area contributed by atoms with Gasteiger partial charge in [0.05, 0.1) is 0 Å². The van der Waals surface area contributed by atoms with Gasteiger partial charge in [-0.2, -0.15) is 26.3 Å². The lowest BCUT2D eigenvalue weighted by Crippen LogP contribution is -2.27. The summed E-state index contributed by atoms with van der Waals surface area (Å²) in [6.45, 7) is 0. The molecule has 0 spiro atoms. The molecular weight excluding hydrogens is 253 g/mol. The molecule has 0 saturated heterocycles. The molecule has 0 aromatic heterocycles. The van der Waals surface area contributed by atoms with Crippen molar-refractivity contribution in [2.45, 2.75) is 12.4 Å². The second-order valence-electron chi connectivity index (χ2n) is 3.05. The van der Waals surface area contributed by atoms with Crippen LogP contribution < -0.4 is 0 Å². The second kappa shape index (κ2) is 4.38. The van der Waals surface area contributed by atoms with E-state index < -0.39 is 29.3 Å². The Morgan fingerprint density at radius 3 is 1.53 bits per heavy atom. The first kappa shape index (κ1) is 13.5. The van der Waals surface area contributed by atoms with E-state index in [1.54, 1.807) is 0 Å². The van der Waals surface area contributed by atoms with Crippen molar-refractivity contribution >= 4 is 5.83 Å². The molecule has 0 atom stereocenters. The Morgan fingerprint density at radius 1 is 0.765 bits per heavy atom. The zero-order chi connectivity index (χ0) is 13.3. The first-order valence-corrected chi connectivity index (χ1v) is 4.23. The minimum absolute atomic E-state index is 0.767. The van der Waals surface area contributed by atoms with Crippen molar-refractivity contribution in [2.75, 3.05) is 0 Å². The van der Waals surface area contributed by atoms with Crippen LogP contribution in [0, 0.1) is 0 Å². The molecule has 0 bridgehead atoms. The van der Waals surface area contributed by atoms with Crippen molar-refractivity contribution in [3.8, 4) is 0 Å². The van der Waals surface area contributed by atoms with E-state index in [-0.39, 0.29) is 0 Å². The van der Waals surface area contributed by atoms with Crippen molar-refractivity contribution in [1.29, 1.82) is 0 Å². The van der Waals surface area contributed by atoms with Gasteiger partial charge in [-0.3, -0.25) is 0 Å². The number of rotatable bonds is 1. The summed E-state index contributed by atoms with van der Waals surface area (Å²) < 4.78 is 86.0. The highest BCUT2D eigenvalue weighted by Gasteiger charge is 2.53. The summed E-state index contributed by atoms with van der Waals surface area (Å²) in [5, 5.41) is 0. The molecule has 17 heavy (non-hydrogen) atoms. The fourth-order valence-electron chi connectivity index (χ4n) is 1.14. The van der Waals surface area contributed by atoms with Crippen molar-refractivity contribution in [1.82, 2.24) is 0 Å². The average Bonchev–Trinajstić information content (AvgIpc) is 2.14. The molecule has 0 radical (unpaired) electrons. The topological polar surface area (TPSA) is 0 Å². The Morgan fingerprint density at radius 2 is 1.18 bits per heavy atom. The molecule has 0 heterocycles. The molecule has 0 saturated carbocycles. The predicted molar refractivity (Wildman–Crippen MR) is 46.6 cm³/mol. The zero-order valence-electron chi connectivity index (χ0n) is 8.03. The normalized spacial score (nSPS) is 12.4. The van der Waals surface area contributed by atoms with E-state index in [0.717, 1.165) is 24.3 Å². The highest BCUT2D eigenvalue weighted by molar-refractivity contribution is 5.64. The summed E-state index contributed by atoms with van der Waals surface area (Å²) in [6, 6.07) is 5.27. The lowest BCUT2D eigenvalue weighted by Gasteiger charge is -2.16. The molecule has 1 aromatic rings. The van der Waals surface area contributed by atoms with Gasteiger partial charge in [-0.1, -0.05) is 30.3 Å². The standard InChI is InChI=1S/C10H5F7/c11-7(6-4-2-1-3-5-6)8(9(12,13)14)10(15,16)17/h1-5H. The fourth-order valence-corrected chi connectivity index (χ4v) is 1.14. The SMILES string of the molecule is FC(=C(C(F)(F)F)C(F)(F)F)c1ccccc1. The summed E-state index contributed by atoms with van der Waals surface area (Å²) in [5.74, 6) is -2.33. The molecule has 94 valence electrons. The van der Waals surface area contributed by atoms with Crippen LogP contribution in [0.3, 0.4) is 0 Å². The van der Waals surface area contributed by atoms with Crippen molar-refractivity contribution in [2.24, 2.45) is 0 Å². The van der Waals surface area contributed by atoms with Crippen molar-refractivity contribution in [3.63, 3.8) is 0 Å². The largest absolute Gasteiger partial charge is 0.424 e. The third-order valence-corrected chi connectivity index (χ3v) is 1.81. The minimum atomic E-state index is -5.79. The number of hydrogen-bond acceptors (Lipinski definition) is 0. The summed E-state index contributed by atoms with van der Waals surface area (Å²) in [4.78, 5) is 0. The molecule has 7 heteroatoms. The van der Waals surface area contributed by atoms with E-state index in [0.29, 0.717) is 0 Å². The molecular formula is C10H5F7. The van der Waals surface area contributed by atoms with E-state index in [1.165, 1.54) is 6.07 Å². The van der Waals surface area contributed by atoms with Crippen LogP contribution >= 0.6 is 0 Å². The number of hydrogen-bond donors (Lipinski definition) is 0. The average molecular weight is 258 g/mol. The van der Waals surface area contributed by atoms with E-state index in [9.17, 15) is 30.7 Å².